The van der Waals surface area contributed by atoms with Gasteiger partial charge in [-0.2, -0.15) is 13.2 Å². The molecule has 0 aliphatic carbocycles. The van der Waals surface area contributed by atoms with Crippen molar-refractivity contribution in [3.8, 4) is 23.0 Å². The SMILES string of the molecule is COc1ccccc1NC(=O)c1nc(-c2ccc(OC)c3nc(C(F)(F)F)ccc23)oc1[C@H](C)N. The predicted octanol–water partition coefficient (Wildman–Crippen LogP) is 5.20. The fraction of sp³-hybridized carbons (Fsp3) is 0.208. The van der Waals surface area contributed by atoms with Crippen LogP contribution in [0.2, 0.25) is 0 Å². The van der Waals surface area contributed by atoms with Crippen molar-refractivity contribution in [2.75, 3.05) is 19.5 Å². The van der Waals surface area contributed by atoms with E-state index in [-0.39, 0.29) is 28.6 Å². The zero-order valence-corrected chi connectivity index (χ0v) is 18.9. The molecule has 4 aromatic rings. The highest BCUT2D eigenvalue weighted by atomic mass is 19.4. The van der Waals surface area contributed by atoms with Gasteiger partial charge in [-0.25, -0.2) is 9.97 Å². The number of carbonyl (C=O) groups is 1. The second-order valence-electron chi connectivity index (χ2n) is 7.58. The van der Waals surface area contributed by atoms with E-state index >= 15 is 0 Å². The van der Waals surface area contributed by atoms with Gasteiger partial charge < -0.3 is 24.9 Å². The first-order chi connectivity index (χ1) is 16.6. The summed E-state index contributed by atoms with van der Waals surface area (Å²) in [5, 5.41) is 3.02. The number of hydrogen-bond acceptors (Lipinski definition) is 7. The molecule has 0 saturated carbocycles. The lowest BCUT2D eigenvalue weighted by Crippen LogP contribution is -2.17. The second kappa shape index (κ2) is 9.26. The molecule has 1 amide bonds. The van der Waals surface area contributed by atoms with Crippen LogP contribution in [0.3, 0.4) is 0 Å². The number of carbonyl (C=O) groups excluding carboxylic acids is 1. The number of hydrogen-bond donors (Lipinski definition) is 2. The molecule has 2 aromatic heterocycles. The third kappa shape index (κ3) is 4.62. The number of halogens is 3. The number of nitrogens with one attached hydrogen (secondary N) is 1. The van der Waals surface area contributed by atoms with Gasteiger partial charge in [0, 0.05) is 10.9 Å². The Labute approximate surface area is 197 Å². The van der Waals surface area contributed by atoms with Gasteiger partial charge in [0.25, 0.3) is 5.91 Å². The molecule has 0 aliphatic heterocycles. The molecular formula is C24H21F3N4O4. The maximum absolute atomic E-state index is 13.2. The zero-order valence-electron chi connectivity index (χ0n) is 18.9. The predicted molar refractivity (Wildman–Crippen MR) is 122 cm³/mol. The van der Waals surface area contributed by atoms with Crippen molar-refractivity contribution in [2.24, 2.45) is 5.73 Å². The first-order valence-electron chi connectivity index (χ1n) is 10.4. The maximum atomic E-state index is 13.2. The molecule has 35 heavy (non-hydrogen) atoms. The van der Waals surface area contributed by atoms with Crippen molar-refractivity contribution in [2.45, 2.75) is 19.1 Å². The van der Waals surface area contributed by atoms with Crippen LogP contribution in [0.1, 0.15) is 34.9 Å². The van der Waals surface area contributed by atoms with E-state index in [0.29, 0.717) is 22.4 Å². The van der Waals surface area contributed by atoms with Crippen LogP contribution >= 0.6 is 0 Å². The van der Waals surface area contributed by atoms with E-state index < -0.39 is 23.8 Å². The van der Waals surface area contributed by atoms with Gasteiger partial charge in [0.2, 0.25) is 5.89 Å². The topological polar surface area (TPSA) is 112 Å². The van der Waals surface area contributed by atoms with E-state index in [1.807, 2.05) is 0 Å². The minimum absolute atomic E-state index is 0.00307. The summed E-state index contributed by atoms with van der Waals surface area (Å²) in [4.78, 5) is 21.1. The highest BCUT2D eigenvalue weighted by molar-refractivity contribution is 6.05. The Balaban J connectivity index is 1.82. The number of anilines is 1. The summed E-state index contributed by atoms with van der Waals surface area (Å²) in [6.07, 6.45) is -4.63. The average molecular weight is 486 g/mol. The monoisotopic (exact) mass is 486 g/mol. The number of methoxy groups -OCH3 is 2. The van der Waals surface area contributed by atoms with E-state index in [4.69, 9.17) is 19.6 Å². The second-order valence-corrected chi connectivity index (χ2v) is 7.58. The molecule has 3 N–H and O–H groups in total. The third-order valence-electron chi connectivity index (χ3n) is 5.20. The highest BCUT2D eigenvalue weighted by Gasteiger charge is 2.33. The van der Waals surface area contributed by atoms with Crippen molar-refractivity contribution < 1.29 is 31.9 Å². The van der Waals surface area contributed by atoms with Crippen LogP contribution in [-0.4, -0.2) is 30.1 Å². The number of ether oxygens (including phenoxy) is 2. The first kappa shape index (κ1) is 24.0. The average Bonchev–Trinajstić information content (AvgIpc) is 3.28. The summed E-state index contributed by atoms with van der Waals surface area (Å²) in [7, 11) is 2.80. The van der Waals surface area contributed by atoms with Crippen LogP contribution in [0.4, 0.5) is 18.9 Å². The van der Waals surface area contributed by atoms with E-state index in [0.717, 1.165) is 6.07 Å². The molecule has 1 atom stereocenters. The Kier molecular flexibility index (Phi) is 6.35. The normalized spacial score (nSPS) is 12.4. The van der Waals surface area contributed by atoms with Crippen LogP contribution in [0, 0.1) is 0 Å². The van der Waals surface area contributed by atoms with Crippen LogP contribution < -0.4 is 20.5 Å². The first-order valence-corrected chi connectivity index (χ1v) is 10.4. The highest BCUT2D eigenvalue weighted by Crippen LogP contribution is 2.37. The number of aromatic nitrogens is 2. The van der Waals surface area contributed by atoms with E-state index in [9.17, 15) is 18.0 Å². The number of nitrogens with two attached hydrogens (primary N) is 1. The minimum atomic E-state index is -4.63. The lowest BCUT2D eigenvalue weighted by molar-refractivity contribution is -0.140. The zero-order chi connectivity index (χ0) is 25.3. The lowest BCUT2D eigenvalue weighted by Gasteiger charge is -2.11. The number of benzene rings is 2. The lowest BCUT2D eigenvalue weighted by atomic mass is 10.1. The number of nitrogens with zero attached hydrogens (tertiary/aromatic N) is 2. The van der Waals surface area contributed by atoms with Crippen LogP contribution in [0.25, 0.3) is 22.4 Å². The number of para-hydroxylation sites is 2. The number of alkyl halides is 3. The molecule has 0 radical (unpaired) electrons. The van der Waals surface area contributed by atoms with Crippen molar-refractivity contribution in [1.29, 1.82) is 0 Å². The van der Waals surface area contributed by atoms with Gasteiger partial charge in [-0.3, -0.25) is 4.79 Å². The standard InChI is InChI=1S/C24H21F3N4O4/c1-12(28)21-20(22(32)29-15-6-4-5-7-16(15)33-2)31-23(35-21)14-8-10-17(34-3)19-13(14)9-11-18(30-19)24(25,26)27/h4-12H,28H2,1-3H3,(H,29,32)/t12-/m0/s1. The maximum Gasteiger partial charge on any atom is 0.433 e. The Hall–Kier alpha value is -4.12. The van der Waals surface area contributed by atoms with Crippen molar-refractivity contribution >= 4 is 22.5 Å². The van der Waals surface area contributed by atoms with Crippen LogP contribution in [0.15, 0.2) is 52.9 Å². The Bertz CT molecular complexity index is 1400. The molecule has 0 spiro atoms. The molecule has 0 fully saturated rings. The summed E-state index contributed by atoms with van der Waals surface area (Å²) in [5.41, 5.74) is 5.60. The number of pyridine rings is 1. The van der Waals surface area contributed by atoms with E-state index in [2.05, 4.69) is 15.3 Å². The van der Waals surface area contributed by atoms with Crippen LogP contribution in [0.5, 0.6) is 11.5 Å². The Morgan fingerprint density at radius 1 is 1.03 bits per heavy atom. The molecule has 182 valence electrons. The molecule has 8 nitrogen and oxygen atoms in total. The van der Waals surface area contributed by atoms with Crippen molar-refractivity contribution in [1.82, 2.24) is 9.97 Å². The van der Waals surface area contributed by atoms with Crippen LogP contribution in [-0.2, 0) is 6.18 Å². The molecule has 0 aliphatic rings. The van der Waals surface area contributed by atoms with Gasteiger partial charge in [0.15, 0.2) is 11.5 Å². The van der Waals surface area contributed by atoms with Gasteiger partial charge in [-0.15, -0.1) is 0 Å². The van der Waals surface area contributed by atoms with Crippen molar-refractivity contribution in [3.05, 3.63) is 65.7 Å². The van der Waals surface area contributed by atoms with E-state index in [1.54, 1.807) is 37.3 Å². The minimum Gasteiger partial charge on any atom is -0.495 e. The summed E-state index contributed by atoms with van der Waals surface area (Å²) >= 11 is 0. The van der Waals surface area contributed by atoms with E-state index in [1.165, 1.54) is 26.4 Å². The summed E-state index contributed by atoms with van der Waals surface area (Å²) in [6, 6.07) is 11.3. The molecule has 0 unspecified atom stereocenters. The molecular weight excluding hydrogens is 465 g/mol. The van der Waals surface area contributed by atoms with Gasteiger partial charge in [0.05, 0.1) is 25.9 Å². The molecule has 4 rings (SSSR count). The quantitative estimate of drug-likeness (QED) is 0.385. The molecule has 2 heterocycles. The fourth-order valence-corrected chi connectivity index (χ4v) is 3.55. The third-order valence-corrected chi connectivity index (χ3v) is 5.20. The largest absolute Gasteiger partial charge is 0.495 e. The molecule has 0 saturated heterocycles. The number of rotatable bonds is 6. The number of fused-ring (bicyclic) bond motifs is 1. The summed E-state index contributed by atoms with van der Waals surface area (Å²) in [5.74, 6) is 0.0996. The van der Waals surface area contributed by atoms with Gasteiger partial charge in [0.1, 0.15) is 22.7 Å². The van der Waals surface area contributed by atoms with Gasteiger partial charge in [-0.1, -0.05) is 12.1 Å². The van der Waals surface area contributed by atoms with Crippen molar-refractivity contribution in [3.63, 3.8) is 0 Å². The molecule has 11 heteroatoms. The number of oxazole rings is 1. The Morgan fingerprint density at radius 3 is 2.40 bits per heavy atom. The summed E-state index contributed by atoms with van der Waals surface area (Å²) in [6.45, 7) is 1.62. The van der Waals surface area contributed by atoms with Gasteiger partial charge in [-0.05, 0) is 43.3 Å². The number of amides is 1. The molecule has 2 aromatic carbocycles. The van der Waals surface area contributed by atoms with Gasteiger partial charge >= 0.3 is 6.18 Å². The Morgan fingerprint density at radius 2 is 1.74 bits per heavy atom. The smallest absolute Gasteiger partial charge is 0.433 e. The molecule has 0 bridgehead atoms. The fourth-order valence-electron chi connectivity index (χ4n) is 3.55. The summed E-state index contributed by atoms with van der Waals surface area (Å²) < 4.78 is 56.0.